The van der Waals surface area contributed by atoms with Crippen LogP contribution < -0.4 is 10.6 Å². The Morgan fingerprint density at radius 3 is 2.52 bits per heavy atom. The van der Waals surface area contributed by atoms with Crippen LogP contribution in [-0.2, 0) is 6.54 Å². The van der Waals surface area contributed by atoms with Crippen LogP contribution in [0.25, 0.3) is 0 Å². The van der Waals surface area contributed by atoms with Gasteiger partial charge in [-0.1, -0.05) is 26.0 Å². The zero-order valence-corrected chi connectivity index (χ0v) is 13.5. The lowest BCUT2D eigenvalue weighted by Crippen LogP contribution is -2.26. The smallest absolute Gasteiger partial charge is 0.269 e. The summed E-state index contributed by atoms with van der Waals surface area (Å²) in [6.07, 6.45) is 2.57. The van der Waals surface area contributed by atoms with E-state index in [1.165, 1.54) is 12.1 Å². The zero-order valence-electron chi connectivity index (χ0n) is 13.5. The Bertz CT molecular complexity index is 624. The van der Waals surface area contributed by atoms with Crippen LogP contribution in [0.3, 0.4) is 0 Å². The van der Waals surface area contributed by atoms with Crippen molar-refractivity contribution in [3.8, 4) is 0 Å². The summed E-state index contributed by atoms with van der Waals surface area (Å²) in [4.78, 5) is 16.1. The van der Waals surface area contributed by atoms with Crippen molar-refractivity contribution in [3.05, 3.63) is 59.7 Å². The number of halogens is 1. The lowest BCUT2D eigenvalue weighted by Gasteiger charge is -2.08. The monoisotopic (exact) mass is 315 g/mol. The van der Waals surface area contributed by atoms with E-state index in [0.717, 1.165) is 17.7 Å². The molecule has 0 fully saturated rings. The summed E-state index contributed by atoms with van der Waals surface area (Å²) in [6, 6.07) is 9.82. The van der Waals surface area contributed by atoms with Crippen molar-refractivity contribution in [3.63, 3.8) is 0 Å². The van der Waals surface area contributed by atoms with E-state index < -0.39 is 0 Å². The number of nitrogens with one attached hydrogen (secondary N) is 2. The normalized spacial score (nSPS) is 10.6. The number of benzene rings is 1. The van der Waals surface area contributed by atoms with Crippen molar-refractivity contribution in [1.82, 2.24) is 10.3 Å². The molecule has 0 aliphatic rings. The topological polar surface area (TPSA) is 54.0 Å². The number of hydrogen-bond acceptors (Lipinski definition) is 3. The van der Waals surface area contributed by atoms with Gasteiger partial charge in [0.2, 0.25) is 0 Å². The van der Waals surface area contributed by atoms with Crippen LogP contribution in [0.2, 0.25) is 0 Å². The van der Waals surface area contributed by atoms with Crippen LogP contribution in [0, 0.1) is 11.7 Å². The number of nitrogens with zero attached hydrogens (tertiary/aromatic N) is 1. The Labute approximate surface area is 136 Å². The summed E-state index contributed by atoms with van der Waals surface area (Å²) in [5, 5.41) is 6.04. The van der Waals surface area contributed by atoms with Crippen molar-refractivity contribution in [2.45, 2.75) is 26.8 Å². The van der Waals surface area contributed by atoms with Crippen molar-refractivity contribution in [1.29, 1.82) is 0 Å². The first-order chi connectivity index (χ1) is 11.0. The summed E-state index contributed by atoms with van der Waals surface area (Å²) in [5.74, 6) is 0.153. The third-order valence-electron chi connectivity index (χ3n) is 3.41. The lowest BCUT2D eigenvalue weighted by atomic mass is 10.1. The zero-order chi connectivity index (χ0) is 16.7. The Morgan fingerprint density at radius 2 is 1.91 bits per heavy atom. The summed E-state index contributed by atoms with van der Waals surface area (Å²) >= 11 is 0. The first-order valence-corrected chi connectivity index (χ1v) is 7.77. The molecule has 2 aromatic rings. The Balaban J connectivity index is 1.84. The molecule has 1 amide bonds. The van der Waals surface area contributed by atoms with Crippen LogP contribution in [-0.4, -0.2) is 17.4 Å². The third kappa shape index (κ3) is 5.70. The summed E-state index contributed by atoms with van der Waals surface area (Å²) < 4.78 is 12.8. The standard InChI is InChI=1S/C18H22FN3O/c1-13(2)9-10-20-18(23)17-8-7-16(12-22-17)21-11-14-3-5-15(19)6-4-14/h3-8,12-13,21H,9-11H2,1-2H3,(H,20,23). The highest BCUT2D eigenvalue weighted by molar-refractivity contribution is 5.92. The van der Waals surface area contributed by atoms with Crippen LogP contribution in [0.4, 0.5) is 10.1 Å². The second-order valence-corrected chi connectivity index (χ2v) is 5.85. The molecule has 0 aliphatic carbocycles. The van der Waals surface area contributed by atoms with Crippen molar-refractivity contribution >= 4 is 11.6 Å². The number of carbonyl (C=O) groups excluding carboxylic acids is 1. The van der Waals surface area contributed by atoms with Crippen LogP contribution in [0.1, 0.15) is 36.3 Å². The average Bonchev–Trinajstić information content (AvgIpc) is 2.54. The summed E-state index contributed by atoms with van der Waals surface area (Å²) in [7, 11) is 0. The fourth-order valence-corrected chi connectivity index (χ4v) is 2.00. The molecule has 0 atom stereocenters. The van der Waals surface area contributed by atoms with Gasteiger partial charge in [-0.2, -0.15) is 0 Å². The van der Waals surface area contributed by atoms with E-state index in [9.17, 15) is 9.18 Å². The summed E-state index contributed by atoms with van der Waals surface area (Å²) in [6.45, 7) is 5.46. The van der Waals surface area contributed by atoms with Crippen molar-refractivity contribution < 1.29 is 9.18 Å². The number of rotatable bonds is 7. The van der Waals surface area contributed by atoms with E-state index in [2.05, 4.69) is 29.5 Å². The quantitative estimate of drug-likeness (QED) is 0.820. The molecule has 1 heterocycles. The second-order valence-electron chi connectivity index (χ2n) is 5.85. The largest absolute Gasteiger partial charge is 0.380 e. The van der Waals surface area contributed by atoms with Gasteiger partial charge in [-0.3, -0.25) is 4.79 Å². The minimum absolute atomic E-state index is 0.157. The van der Waals surface area contributed by atoms with Gasteiger partial charge in [-0.15, -0.1) is 0 Å². The lowest BCUT2D eigenvalue weighted by molar-refractivity contribution is 0.0947. The number of amides is 1. The molecule has 2 N–H and O–H groups in total. The predicted molar refractivity (Wildman–Crippen MR) is 89.8 cm³/mol. The first kappa shape index (κ1) is 16.9. The van der Waals surface area contributed by atoms with Gasteiger partial charge in [0.15, 0.2) is 0 Å². The van der Waals surface area contributed by atoms with Crippen LogP contribution in [0.15, 0.2) is 42.6 Å². The molecule has 0 unspecified atom stereocenters. The Morgan fingerprint density at radius 1 is 1.17 bits per heavy atom. The molecule has 2 rings (SSSR count). The van der Waals surface area contributed by atoms with Crippen molar-refractivity contribution in [2.24, 2.45) is 5.92 Å². The van der Waals surface area contributed by atoms with Gasteiger partial charge < -0.3 is 10.6 Å². The molecule has 122 valence electrons. The van der Waals surface area contributed by atoms with Gasteiger partial charge in [0.1, 0.15) is 11.5 Å². The number of hydrogen-bond donors (Lipinski definition) is 2. The molecule has 5 heteroatoms. The number of aromatic nitrogens is 1. The molecule has 0 radical (unpaired) electrons. The minimum Gasteiger partial charge on any atom is -0.380 e. The van der Waals surface area contributed by atoms with Gasteiger partial charge in [0.25, 0.3) is 5.91 Å². The average molecular weight is 315 g/mol. The van der Waals surface area contributed by atoms with Crippen LogP contribution in [0.5, 0.6) is 0 Å². The molecule has 23 heavy (non-hydrogen) atoms. The molecular weight excluding hydrogens is 293 g/mol. The Kier molecular flexibility index (Phi) is 6.09. The number of anilines is 1. The van der Waals surface area contributed by atoms with Gasteiger partial charge in [0.05, 0.1) is 11.9 Å². The SMILES string of the molecule is CC(C)CCNC(=O)c1ccc(NCc2ccc(F)cc2)cn1. The molecule has 0 saturated carbocycles. The molecule has 4 nitrogen and oxygen atoms in total. The maximum atomic E-state index is 12.8. The molecule has 0 bridgehead atoms. The maximum absolute atomic E-state index is 12.8. The first-order valence-electron chi connectivity index (χ1n) is 7.77. The van der Waals surface area contributed by atoms with Gasteiger partial charge >= 0.3 is 0 Å². The Hall–Kier alpha value is -2.43. The maximum Gasteiger partial charge on any atom is 0.269 e. The fraction of sp³-hybridized carbons (Fsp3) is 0.333. The van der Waals surface area contributed by atoms with E-state index in [4.69, 9.17) is 0 Å². The third-order valence-corrected chi connectivity index (χ3v) is 3.41. The molecule has 0 saturated heterocycles. The molecule has 0 aliphatic heterocycles. The van der Waals surface area contributed by atoms with Gasteiger partial charge in [0, 0.05) is 13.1 Å². The van der Waals surface area contributed by atoms with E-state index in [1.54, 1.807) is 24.4 Å². The summed E-state index contributed by atoms with van der Waals surface area (Å²) in [5.41, 5.74) is 2.19. The minimum atomic E-state index is -0.247. The van der Waals surface area contributed by atoms with E-state index in [1.807, 2.05) is 6.07 Å². The highest BCUT2D eigenvalue weighted by atomic mass is 19.1. The number of pyridine rings is 1. The fourth-order valence-electron chi connectivity index (χ4n) is 2.00. The second kappa shape index (κ2) is 8.27. The van der Waals surface area contributed by atoms with E-state index in [0.29, 0.717) is 24.7 Å². The molecule has 1 aromatic heterocycles. The molecule has 0 spiro atoms. The number of carbonyl (C=O) groups is 1. The molecule has 1 aromatic carbocycles. The molecular formula is C18H22FN3O. The highest BCUT2D eigenvalue weighted by Crippen LogP contribution is 2.10. The van der Waals surface area contributed by atoms with E-state index in [-0.39, 0.29) is 11.7 Å². The van der Waals surface area contributed by atoms with Gasteiger partial charge in [-0.05, 0) is 42.2 Å². The van der Waals surface area contributed by atoms with Crippen molar-refractivity contribution in [2.75, 3.05) is 11.9 Å². The van der Waals surface area contributed by atoms with E-state index >= 15 is 0 Å². The predicted octanol–water partition coefficient (Wildman–Crippen LogP) is 3.61. The highest BCUT2D eigenvalue weighted by Gasteiger charge is 2.06. The van der Waals surface area contributed by atoms with Gasteiger partial charge in [-0.25, -0.2) is 9.37 Å². The van der Waals surface area contributed by atoms with Crippen LogP contribution >= 0.6 is 0 Å².